The standard InChI is InChI=1S/C22H28O7S/c1-16-9-11-18(12-10-16)30(24,25)27-14-19(23)21-20(28-22(2,3)29-21)15-26-13-17-7-5-4-6-8-17/h4-12,19-21,23H,13-15H2,1-3H3/t19-,20-,21-/m1/s1. The molecule has 0 unspecified atom stereocenters. The van der Waals surface area contributed by atoms with Crippen LogP contribution < -0.4 is 0 Å². The van der Waals surface area contributed by atoms with Gasteiger partial charge in [0.1, 0.15) is 18.3 Å². The Kier molecular flexibility index (Phi) is 7.28. The maximum Gasteiger partial charge on any atom is 0.297 e. The summed E-state index contributed by atoms with van der Waals surface area (Å²) in [4.78, 5) is 0.0342. The highest BCUT2D eigenvalue weighted by atomic mass is 32.2. The molecule has 2 aromatic carbocycles. The molecule has 0 amide bonds. The average molecular weight is 437 g/mol. The van der Waals surface area contributed by atoms with Gasteiger partial charge in [-0.2, -0.15) is 8.42 Å². The van der Waals surface area contributed by atoms with Crippen LogP contribution in [0.2, 0.25) is 0 Å². The molecule has 7 nitrogen and oxygen atoms in total. The molecule has 1 aliphatic rings. The van der Waals surface area contributed by atoms with Crippen LogP contribution in [0.4, 0.5) is 0 Å². The minimum absolute atomic E-state index is 0.0342. The van der Waals surface area contributed by atoms with Gasteiger partial charge in [-0.05, 0) is 38.5 Å². The summed E-state index contributed by atoms with van der Waals surface area (Å²) in [6.07, 6.45) is -2.56. The molecule has 0 aliphatic carbocycles. The zero-order valence-corrected chi connectivity index (χ0v) is 18.2. The van der Waals surface area contributed by atoms with Gasteiger partial charge >= 0.3 is 0 Å². The zero-order chi connectivity index (χ0) is 21.8. The average Bonchev–Trinajstić information content (AvgIpc) is 3.02. The second-order valence-electron chi connectivity index (χ2n) is 7.76. The first-order valence-corrected chi connectivity index (χ1v) is 11.2. The van der Waals surface area contributed by atoms with Gasteiger partial charge < -0.3 is 19.3 Å². The fourth-order valence-corrected chi connectivity index (χ4v) is 4.14. The zero-order valence-electron chi connectivity index (χ0n) is 17.4. The SMILES string of the molecule is Cc1ccc(S(=O)(=O)OC[C@@H](O)[C@H]2OC(C)(C)O[C@@H]2COCc2ccccc2)cc1. The molecule has 3 atom stereocenters. The first kappa shape index (κ1) is 22.9. The topological polar surface area (TPSA) is 91.3 Å². The quantitative estimate of drug-likeness (QED) is 0.605. The minimum Gasteiger partial charge on any atom is -0.388 e. The molecule has 30 heavy (non-hydrogen) atoms. The van der Waals surface area contributed by atoms with Gasteiger partial charge in [0.15, 0.2) is 5.79 Å². The Morgan fingerprint density at radius 2 is 1.73 bits per heavy atom. The van der Waals surface area contributed by atoms with Crippen LogP contribution in [0.3, 0.4) is 0 Å². The lowest BCUT2D eigenvalue weighted by molar-refractivity contribution is -0.159. The smallest absolute Gasteiger partial charge is 0.297 e. The molecule has 164 valence electrons. The normalized spacial score (nSPS) is 22.1. The molecule has 0 aromatic heterocycles. The van der Waals surface area contributed by atoms with Gasteiger partial charge in [-0.3, -0.25) is 4.18 Å². The Balaban J connectivity index is 1.58. The Morgan fingerprint density at radius 1 is 1.07 bits per heavy atom. The monoisotopic (exact) mass is 436 g/mol. The number of aliphatic hydroxyl groups excluding tert-OH is 1. The minimum atomic E-state index is -3.99. The maximum atomic E-state index is 12.4. The Labute approximate surface area is 177 Å². The maximum absolute atomic E-state index is 12.4. The summed E-state index contributed by atoms with van der Waals surface area (Å²) in [7, 11) is -3.99. The fourth-order valence-electron chi connectivity index (χ4n) is 3.21. The molecule has 0 saturated carbocycles. The van der Waals surface area contributed by atoms with Crippen LogP contribution in [0, 0.1) is 6.92 Å². The number of benzene rings is 2. The van der Waals surface area contributed by atoms with Crippen molar-refractivity contribution in [2.75, 3.05) is 13.2 Å². The molecule has 0 spiro atoms. The van der Waals surface area contributed by atoms with E-state index in [1.807, 2.05) is 37.3 Å². The molecule has 8 heteroatoms. The summed E-state index contributed by atoms with van der Waals surface area (Å²) >= 11 is 0. The van der Waals surface area contributed by atoms with E-state index in [2.05, 4.69) is 0 Å². The fraction of sp³-hybridized carbons (Fsp3) is 0.455. The van der Waals surface area contributed by atoms with E-state index in [1.165, 1.54) is 12.1 Å². The van der Waals surface area contributed by atoms with E-state index in [1.54, 1.807) is 26.0 Å². The highest BCUT2D eigenvalue weighted by Crippen LogP contribution is 2.31. The van der Waals surface area contributed by atoms with E-state index < -0.39 is 40.8 Å². The van der Waals surface area contributed by atoms with Gasteiger partial charge in [0.05, 0.1) is 24.7 Å². The van der Waals surface area contributed by atoms with Gasteiger partial charge in [-0.15, -0.1) is 0 Å². The van der Waals surface area contributed by atoms with Crippen molar-refractivity contribution in [1.29, 1.82) is 0 Å². The van der Waals surface area contributed by atoms with Crippen molar-refractivity contribution in [2.45, 2.75) is 56.4 Å². The predicted octanol–water partition coefficient (Wildman–Crippen LogP) is 2.80. The predicted molar refractivity (Wildman–Crippen MR) is 110 cm³/mol. The summed E-state index contributed by atoms with van der Waals surface area (Å²) in [6.45, 7) is 5.45. The van der Waals surface area contributed by atoms with Crippen LogP contribution in [0.1, 0.15) is 25.0 Å². The molecule has 0 bridgehead atoms. The largest absolute Gasteiger partial charge is 0.388 e. The number of aliphatic hydroxyl groups is 1. The Morgan fingerprint density at radius 3 is 2.40 bits per heavy atom. The lowest BCUT2D eigenvalue weighted by atomic mass is 10.1. The molecule has 1 heterocycles. The van der Waals surface area contributed by atoms with Crippen molar-refractivity contribution in [3.05, 3.63) is 65.7 Å². The van der Waals surface area contributed by atoms with Crippen LogP contribution in [-0.4, -0.2) is 50.8 Å². The van der Waals surface area contributed by atoms with Crippen molar-refractivity contribution in [3.63, 3.8) is 0 Å². The van der Waals surface area contributed by atoms with E-state index in [-0.39, 0.29) is 11.5 Å². The third kappa shape index (κ3) is 6.10. The molecule has 1 aliphatic heterocycles. The lowest BCUT2D eigenvalue weighted by Crippen LogP contribution is -2.41. The second kappa shape index (κ2) is 9.55. The highest BCUT2D eigenvalue weighted by Gasteiger charge is 2.45. The summed E-state index contributed by atoms with van der Waals surface area (Å²) < 4.78 is 47.2. The van der Waals surface area contributed by atoms with Gasteiger partial charge in [-0.1, -0.05) is 48.0 Å². The summed E-state index contributed by atoms with van der Waals surface area (Å²) in [5.41, 5.74) is 1.95. The van der Waals surface area contributed by atoms with E-state index in [9.17, 15) is 13.5 Å². The van der Waals surface area contributed by atoms with Gasteiger partial charge in [0, 0.05) is 0 Å². The molecule has 1 fully saturated rings. The van der Waals surface area contributed by atoms with Crippen LogP contribution in [0.5, 0.6) is 0 Å². The summed E-state index contributed by atoms with van der Waals surface area (Å²) in [5, 5.41) is 10.6. The van der Waals surface area contributed by atoms with Gasteiger partial charge in [-0.25, -0.2) is 0 Å². The first-order chi connectivity index (χ1) is 14.2. The van der Waals surface area contributed by atoms with Crippen molar-refractivity contribution < 1.29 is 31.9 Å². The number of hydrogen-bond acceptors (Lipinski definition) is 7. The van der Waals surface area contributed by atoms with Gasteiger partial charge in [0.25, 0.3) is 10.1 Å². The number of hydrogen-bond donors (Lipinski definition) is 1. The van der Waals surface area contributed by atoms with Crippen molar-refractivity contribution in [2.24, 2.45) is 0 Å². The number of rotatable bonds is 9. The van der Waals surface area contributed by atoms with E-state index in [0.717, 1.165) is 11.1 Å². The number of aryl methyl sites for hydroxylation is 1. The lowest BCUT2D eigenvalue weighted by Gasteiger charge is -2.22. The third-order valence-corrected chi connectivity index (χ3v) is 5.99. The summed E-state index contributed by atoms with van der Waals surface area (Å²) in [5.74, 6) is -0.928. The Bertz CT molecular complexity index is 910. The third-order valence-electron chi connectivity index (χ3n) is 4.70. The van der Waals surface area contributed by atoms with Crippen molar-refractivity contribution >= 4 is 10.1 Å². The van der Waals surface area contributed by atoms with Crippen LogP contribution in [-0.2, 0) is 35.1 Å². The van der Waals surface area contributed by atoms with Crippen LogP contribution >= 0.6 is 0 Å². The molecule has 0 radical (unpaired) electrons. The number of ether oxygens (including phenoxy) is 3. The molecular formula is C22H28O7S. The molecule has 1 saturated heterocycles. The Hall–Kier alpha value is -1.81. The molecule has 3 rings (SSSR count). The second-order valence-corrected chi connectivity index (χ2v) is 9.37. The first-order valence-electron chi connectivity index (χ1n) is 9.78. The van der Waals surface area contributed by atoms with Crippen LogP contribution in [0.25, 0.3) is 0 Å². The van der Waals surface area contributed by atoms with E-state index >= 15 is 0 Å². The highest BCUT2D eigenvalue weighted by molar-refractivity contribution is 7.86. The molecular weight excluding hydrogens is 408 g/mol. The molecule has 1 N–H and O–H groups in total. The van der Waals surface area contributed by atoms with Crippen molar-refractivity contribution in [1.82, 2.24) is 0 Å². The van der Waals surface area contributed by atoms with E-state index in [4.69, 9.17) is 18.4 Å². The van der Waals surface area contributed by atoms with Crippen LogP contribution in [0.15, 0.2) is 59.5 Å². The summed E-state index contributed by atoms with van der Waals surface area (Å²) in [6, 6.07) is 16.0. The molecule has 2 aromatic rings. The van der Waals surface area contributed by atoms with Gasteiger partial charge in [0.2, 0.25) is 0 Å². The van der Waals surface area contributed by atoms with Crippen molar-refractivity contribution in [3.8, 4) is 0 Å². The van der Waals surface area contributed by atoms with E-state index in [0.29, 0.717) is 6.61 Å².